The predicted octanol–water partition coefficient (Wildman–Crippen LogP) is 1.55. The van der Waals surface area contributed by atoms with Gasteiger partial charge in [0.25, 0.3) is 5.56 Å². The molecule has 112 valence electrons. The van der Waals surface area contributed by atoms with E-state index in [0.29, 0.717) is 35.6 Å². The zero-order valence-corrected chi connectivity index (χ0v) is 13.9. The summed E-state index contributed by atoms with van der Waals surface area (Å²) in [7, 11) is 3.43. The van der Waals surface area contributed by atoms with E-state index in [4.69, 9.17) is 0 Å². The van der Waals surface area contributed by atoms with Crippen LogP contribution in [0.5, 0.6) is 0 Å². The first-order valence-corrected chi connectivity index (χ1v) is 7.32. The van der Waals surface area contributed by atoms with Gasteiger partial charge in [0.2, 0.25) is 5.91 Å². The Morgan fingerprint density at radius 1 is 1.50 bits per heavy atom. The summed E-state index contributed by atoms with van der Waals surface area (Å²) in [5.74, 6) is 0.387. The molecule has 0 saturated heterocycles. The molecule has 0 unspecified atom stereocenters. The van der Waals surface area contributed by atoms with Crippen molar-refractivity contribution in [2.45, 2.75) is 26.8 Å². The molecule has 0 radical (unpaired) electrons. The van der Waals surface area contributed by atoms with Crippen molar-refractivity contribution in [3.05, 3.63) is 21.0 Å². The Hall–Kier alpha value is -1.37. The number of hydrogen-bond donors (Lipinski definition) is 1. The molecule has 1 amide bonds. The molecular formula is C13H21BrN4O2. The van der Waals surface area contributed by atoms with Crippen LogP contribution < -0.4 is 10.9 Å². The second-order valence-electron chi connectivity index (χ2n) is 5.22. The lowest BCUT2D eigenvalue weighted by molar-refractivity contribution is -0.128. The molecular weight excluding hydrogens is 324 g/mol. The Kier molecular flexibility index (Phi) is 6.19. The third-order valence-corrected chi connectivity index (χ3v) is 3.44. The summed E-state index contributed by atoms with van der Waals surface area (Å²) in [4.78, 5) is 25.1. The molecule has 1 aromatic heterocycles. The molecule has 0 fully saturated rings. The van der Waals surface area contributed by atoms with Crippen LogP contribution in [0.3, 0.4) is 0 Å². The molecule has 1 heterocycles. The topological polar surface area (TPSA) is 67.2 Å². The molecule has 1 aromatic rings. The molecule has 0 atom stereocenters. The fourth-order valence-electron chi connectivity index (χ4n) is 1.59. The van der Waals surface area contributed by atoms with E-state index in [0.717, 1.165) is 0 Å². The molecule has 0 aromatic carbocycles. The fourth-order valence-corrected chi connectivity index (χ4v) is 2.04. The lowest BCUT2D eigenvalue weighted by atomic mass is 10.2. The molecule has 6 nitrogen and oxygen atoms in total. The van der Waals surface area contributed by atoms with Crippen molar-refractivity contribution in [3.63, 3.8) is 0 Å². The first kappa shape index (κ1) is 16.7. The highest BCUT2D eigenvalue weighted by atomic mass is 79.9. The number of anilines is 1. The van der Waals surface area contributed by atoms with Crippen molar-refractivity contribution < 1.29 is 4.79 Å². The van der Waals surface area contributed by atoms with E-state index in [1.54, 1.807) is 20.3 Å². The van der Waals surface area contributed by atoms with E-state index in [2.05, 4.69) is 26.3 Å². The van der Waals surface area contributed by atoms with Crippen molar-refractivity contribution >= 4 is 27.5 Å². The number of carbonyl (C=O) groups excluding carboxylic acids is 1. The van der Waals surface area contributed by atoms with Crippen molar-refractivity contribution in [3.8, 4) is 0 Å². The van der Waals surface area contributed by atoms with Crippen LogP contribution in [0, 0.1) is 5.92 Å². The molecule has 0 bridgehead atoms. The maximum atomic E-state index is 12.1. The summed E-state index contributed by atoms with van der Waals surface area (Å²) in [6.45, 7) is 5.10. The van der Waals surface area contributed by atoms with Gasteiger partial charge >= 0.3 is 0 Å². The second kappa shape index (κ2) is 7.42. The van der Waals surface area contributed by atoms with E-state index in [-0.39, 0.29) is 11.5 Å². The van der Waals surface area contributed by atoms with Crippen LogP contribution in [-0.4, -0.2) is 41.2 Å². The molecule has 0 spiro atoms. The molecule has 1 N–H and O–H groups in total. The summed E-state index contributed by atoms with van der Waals surface area (Å²) in [6, 6.07) is 0. The lowest BCUT2D eigenvalue weighted by Gasteiger charge is -2.13. The number of hydrogen-bond acceptors (Lipinski definition) is 4. The van der Waals surface area contributed by atoms with Crippen LogP contribution in [-0.2, 0) is 11.3 Å². The summed E-state index contributed by atoms with van der Waals surface area (Å²) in [6.07, 6.45) is 1.97. The Balaban J connectivity index is 2.71. The molecule has 0 aliphatic heterocycles. The van der Waals surface area contributed by atoms with E-state index < -0.39 is 0 Å². The fraction of sp³-hybridized carbons (Fsp3) is 0.615. The summed E-state index contributed by atoms with van der Waals surface area (Å²) < 4.78 is 1.88. The quantitative estimate of drug-likeness (QED) is 0.850. The van der Waals surface area contributed by atoms with Gasteiger partial charge < -0.3 is 10.2 Å². The monoisotopic (exact) mass is 344 g/mol. The zero-order valence-electron chi connectivity index (χ0n) is 12.3. The average Bonchev–Trinajstić information content (AvgIpc) is 2.37. The van der Waals surface area contributed by atoms with Crippen LogP contribution in [0.2, 0.25) is 0 Å². The van der Waals surface area contributed by atoms with Gasteiger partial charge in [-0.1, -0.05) is 13.8 Å². The van der Waals surface area contributed by atoms with E-state index in [1.807, 2.05) is 13.8 Å². The SMILES string of the molecule is CC(C)Cn1ncc(NCCC(=O)N(C)C)c(Br)c1=O. The van der Waals surface area contributed by atoms with Gasteiger partial charge in [-0.15, -0.1) is 0 Å². The largest absolute Gasteiger partial charge is 0.382 e. The average molecular weight is 345 g/mol. The maximum Gasteiger partial charge on any atom is 0.283 e. The normalized spacial score (nSPS) is 10.7. The van der Waals surface area contributed by atoms with Crippen LogP contribution in [0.25, 0.3) is 0 Å². The van der Waals surface area contributed by atoms with Gasteiger partial charge in [-0.25, -0.2) is 4.68 Å². The highest BCUT2D eigenvalue weighted by Gasteiger charge is 2.10. The Labute approximate surface area is 127 Å². The highest BCUT2D eigenvalue weighted by Crippen LogP contribution is 2.16. The van der Waals surface area contributed by atoms with Crippen molar-refractivity contribution in [1.82, 2.24) is 14.7 Å². The third kappa shape index (κ3) is 4.63. The van der Waals surface area contributed by atoms with E-state index in [9.17, 15) is 9.59 Å². The lowest BCUT2D eigenvalue weighted by Crippen LogP contribution is -2.27. The van der Waals surface area contributed by atoms with Gasteiger partial charge in [0.1, 0.15) is 4.47 Å². The Bertz CT molecular complexity index is 526. The molecule has 0 aliphatic carbocycles. The van der Waals surface area contributed by atoms with Gasteiger partial charge in [-0.2, -0.15) is 5.10 Å². The Morgan fingerprint density at radius 3 is 2.70 bits per heavy atom. The van der Waals surface area contributed by atoms with Gasteiger partial charge in [-0.05, 0) is 21.8 Å². The van der Waals surface area contributed by atoms with Crippen molar-refractivity contribution in [1.29, 1.82) is 0 Å². The van der Waals surface area contributed by atoms with Crippen molar-refractivity contribution in [2.75, 3.05) is 26.0 Å². The minimum Gasteiger partial charge on any atom is -0.382 e. The number of nitrogens with one attached hydrogen (secondary N) is 1. The minimum atomic E-state index is -0.164. The number of rotatable bonds is 6. The predicted molar refractivity (Wildman–Crippen MR) is 82.8 cm³/mol. The molecule has 20 heavy (non-hydrogen) atoms. The molecule has 0 saturated carbocycles. The zero-order chi connectivity index (χ0) is 15.3. The van der Waals surface area contributed by atoms with Gasteiger partial charge in [0.05, 0.1) is 11.9 Å². The maximum absolute atomic E-state index is 12.1. The van der Waals surface area contributed by atoms with Crippen LogP contribution in [0.1, 0.15) is 20.3 Å². The molecule has 1 rings (SSSR count). The first-order valence-electron chi connectivity index (χ1n) is 6.52. The van der Waals surface area contributed by atoms with Gasteiger partial charge in [-0.3, -0.25) is 9.59 Å². The van der Waals surface area contributed by atoms with Crippen LogP contribution >= 0.6 is 15.9 Å². The summed E-state index contributed by atoms with van der Waals surface area (Å²) in [5.41, 5.74) is 0.448. The van der Waals surface area contributed by atoms with Crippen LogP contribution in [0.4, 0.5) is 5.69 Å². The van der Waals surface area contributed by atoms with E-state index >= 15 is 0 Å². The first-order chi connectivity index (χ1) is 9.32. The summed E-state index contributed by atoms with van der Waals surface area (Å²) in [5, 5.41) is 7.18. The Morgan fingerprint density at radius 2 is 2.15 bits per heavy atom. The molecule has 7 heteroatoms. The summed E-state index contributed by atoms with van der Waals surface area (Å²) >= 11 is 3.29. The van der Waals surface area contributed by atoms with Crippen LogP contribution in [0.15, 0.2) is 15.5 Å². The number of aromatic nitrogens is 2. The second-order valence-corrected chi connectivity index (χ2v) is 6.01. The van der Waals surface area contributed by atoms with Gasteiger partial charge in [0, 0.05) is 33.6 Å². The standard InChI is InChI=1S/C13H21BrN4O2/c1-9(2)8-18-13(20)12(14)10(7-16-18)15-6-5-11(19)17(3)4/h7,9,15H,5-6,8H2,1-4H3. The number of halogens is 1. The van der Waals surface area contributed by atoms with Gasteiger partial charge in [0.15, 0.2) is 0 Å². The number of amides is 1. The number of nitrogens with zero attached hydrogens (tertiary/aromatic N) is 3. The smallest absolute Gasteiger partial charge is 0.283 e. The minimum absolute atomic E-state index is 0.0368. The third-order valence-electron chi connectivity index (χ3n) is 2.68. The number of carbonyl (C=O) groups is 1. The van der Waals surface area contributed by atoms with Crippen molar-refractivity contribution in [2.24, 2.45) is 5.92 Å². The van der Waals surface area contributed by atoms with E-state index in [1.165, 1.54) is 9.58 Å². The highest BCUT2D eigenvalue weighted by molar-refractivity contribution is 9.10. The molecule has 0 aliphatic rings.